The first-order valence-corrected chi connectivity index (χ1v) is 7.27. The van der Waals surface area contributed by atoms with Crippen molar-refractivity contribution in [1.29, 1.82) is 0 Å². The molecule has 1 saturated carbocycles. The van der Waals surface area contributed by atoms with Crippen LogP contribution in [0.25, 0.3) is 0 Å². The fourth-order valence-corrected chi connectivity index (χ4v) is 2.31. The van der Waals surface area contributed by atoms with E-state index in [-0.39, 0.29) is 11.8 Å². The van der Waals surface area contributed by atoms with Gasteiger partial charge in [0.2, 0.25) is 11.8 Å². The third kappa shape index (κ3) is 3.74. The summed E-state index contributed by atoms with van der Waals surface area (Å²) in [6, 6.07) is 7.31. The van der Waals surface area contributed by atoms with Crippen LogP contribution in [0.3, 0.4) is 0 Å². The predicted molar refractivity (Wildman–Crippen MR) is 79.9 cm³/mol. The second-order valence-electron chi connectivity index (χ2n) is 5.10. The molecular weight excluding hydrogens is 292 g/mol. The Bertz CT molecular complexity index is 529. The molecule has 1 aliphatic carbocycles. The molecule has 0 saturated heterocycles. The maximum Gasteiger partial charge on any atom is 0.235 e. The smallest absolute Gasteiger partial charge is 0.235 e. The van der Waals surface area contributed by atoms with Crippen molar-refractivity contribution < 1.29 is 14.3 Å². The lowest BCUT2D eigenvalue weighted by Crippen LogP contribution is -2.43. The van der Waals surface area contributed by atoms with Crippen molar-refractivity contribution in [2.24, 2.45) is 5.41 Å². The number of hydrogen-bond donors (Lipinski definition) is 2. The minimum atomic E-state index is -0.908. The van der Waals surface area contributed by atoms with Crippen molar-refractivity contribution in [3.63, 3.8) is 0 Å². The lowest BCUT2D eigenvalue weighted by molar-refractivity contribution is -0.137. The van der Waals surface area contributed by atoms with Crippen LogP contribution < -0.4 is 10.6 Å². The first-order valence-electron chi connectivity index (χ1n) is 6.89. The predicted octanol–water partition coefficient (Wildman–Crippen LogP) is 1.50. The molecule has 0 radical (unpaired) electrons. The van der Waals surface area contributed by atoms with Crippen LogP contribution in [0.15, 0.2) is 24.3 Å². The van der Waals surface area contributed by atoms with E-state index >= 15 is 0 Å². The molecule has 114 valence electrons. The molecule has 0 spiro atoms. The van der Waals surface area contributed by atoms with Gasteiger partial charge in [-0.25, -0.2) is 0 Å². The van der Waals surface area contributed by atoms with E-state index in [1.807, 2.05) is 18.2 Å². The van der Waals surface area contributed by atoms with E-state index in [1.165, 1.54) is 0 Å². The highest BCUT2D eigenvalue weighted by molar-refractivity contribution is 6.31. The standard InChI is InChI=1S/C15H19ClN2O3/c1-21-9-8-17-13(19)15(6-7-15)14(20)18-10-11-4-2-3-5-12(11)16/h2-5H,6-10H2,1H3,(H,17,19)(H,18,20). The van der Waals surface area contributed by atoms with E-state index in [0.29, 0.717) is 37.6 Å². The highest BCUT2D eigenvalue weighted by Gasteiger charge is 2.56. The van der Waals surface area contributed by atoms with Crippen LogP contribution in [0.4, 0.5) is 0 Å². The minimum Gasteiger partial charge on any atom is -0.383 e. The first kappa shape index (κ1) is 15.8. The monoisotopic (exact) mass is 310 g/mol. The van der Waals surface area contributed by atoms with Gasteiger partial charge in [-0.15, -0.1) is 0 Å². The molecule has 2 N–H and O–H groups in total. The molecule has 2 amide bonds. The molecule has 6 heteroatoms. The van der Waals surface area contributed by atoms with Crippen molar-refractivity contribution in [2.45, 2.75) is 19.4 Å². The maximum atomic E-state index is 12.2. The van der Waals surface area contributed by atoms with Gasteiger partial charge in [0, 0.05) is 25.2 Å². The van der Waals surface area contributed by atoms with E-state index in [1.54, 1.807) is 13.2 Å². The fourth-order valence-electron chi connectivity index (χ4n) is 2.10. The van der Waals surface area contributed by atoms with Gasteiger partial charge in [-0.1, -0.05) is 29.8 Å². The second kappa shape index (κ2) is 6.91. The average Bonchev–Trinajstić information content (AvgIpc) is 3.28. The molecular formula is C15H19ClN2O3. The largest absolute Gasteiger partial charge is 0.383 e. The number of halogens is 1. The van der Waals surface area contributed by atoms with Gasteiger partial charge in [0.15, 0.2) is 0 Å². The van der Waals surface area contributed by atoms with Crippen LogP contribution in [-0.4, -0.2) is 32.1 Å². The number of nitrogens with one attached hydrogen (secondary N) is 2. The number of benzene rings is 1. The molecule has 1 aromatic carbocycles. The number of methoxy groups -OCH3 is 1. The molecule has 21 heavy (non-hydrogen) atoms. The number of rotatable bonds is 7. The molecule has 0 aliphatic heterocycles. The summed E-state index contributed by atoms with van der Waals surface area (Å²) in [5.74, 6) is -0.464. The molecule has 1 fully saturated rings. The molecule has 0 unspecified atom stereocenters. The maximum absolute atomic E-state index is 12.2. The normalized spacial score (nSPS) is 15.3. The van der Waals surface area contributed by atoms with Crippen LogP contribution in [0, 0.1) is 5.41 Å². The summed E-state index contributed by atoms with van der Waals surface area (Å²) in [6.45, 7) is 1.17. The average molecular weight is 311 g/mol. The number of carbonyl (C=O) groups is 2. The molecule has 0 bridgehead atoms. The number of hydrogen-bond acceptors (Lipinski definition) is 3. The zero-order chi connectivity index (χ0) is 15.3. The lowest BCUT2D eigenvalue weighted by atomic mass is 10.1. The summed E-state index contributed by atoms with van der Waals surface area (Å²) < 4.78 is 4.87. The van der Waals surface area contributed by atoms with Gasteiger partial charge < -0.3 is 15.4 Å². The quantitative estimate of drug-likeness (QED) is 0.592. The van der Waals surface area contributed by atoms with Crippen LogP contribution in [0.2, 0.25) is 5.02 Å². The van der Waals surface area contributed by atoms with Gasteiger partial charge >= 0.3 is 0 Å². The Morgan fingerprint density at radius 2 is 1.90 bits per heavy atom. The Hall–Kier alpha value is -1.59. The van der Waals surface area contributed by atoms with Crippen LogP contribution in [-0.2, 0) is 20.9 Å². The second-order valence-corrected chi connectivity index (χ2v) is 5.51. The van der Waals surface area contributed by atoms with Crippen LogP contribution >= 0.6 is 11.6 Å². The Kier molecular flexibility index (Phi) is 5.20. The van der Waals surface area contributed by atoms with Crippen molar-refractivity contribution in [1.82, 2.24) is 10.6 Å². The topological polar surface area (TPSA) is 67.4 Å². The Balaban J connectivity index is 1.88. The van der Waals surface area contributed by atoms with Gasteiger partial charge in [-0.3, -0.25) is 9.59 Å². The van der Waals surface area contributed by atoms with Gasteiger partial charge in [0.1, 0.15) is 5.41 Å². The molecule has 1 aliphatic rings. The van der Waals surface area contributed by atoms with E-state index < -0.39 is 5.41 Å². The van der Waals surface area contributed by atoms with Crippen molar-refractivity contribution >= 4 is 23.4 Å². The highest BCUT2D eigenvalue weighted by atomic mass is 35.5. The van der Waals surface area contributed by atoms with Gasteiger partial charge in [0.25, 0.3) is 0 Å². The Labute approximate surface area is 129 Å². The molecule has 0 heterocycles. The first-order chi connectivity index (χ1) is 10.1. The van der Waals surface area contributed by atoms with E-state index in [9.17, 15) is 9.59 Å². The van der Waals surface area contributed by atoms with Crippen molar-refractivity contribution in [3.8, 4) is 0 Å². The third-order valence-electron chi connectivity index (χ3n) is 3.61. The zero-order valence-corrected chi connectivity index (χ0v) is 12.7. The SMILES string of the molecule is COCCNC(=O)C1(C(=O)NCc2ccccc2Cl)CC1. The number of ether oxygens (including phenoxy) is 1. The number of amides is 2. The summed E-state index contributed by atoms with van der Waals surface area (Å²) in [4.78, 5) is 24.3. The molecule has 5 nitrogen and oxygen atoms in total. The molecule has 2 rings (SSSR count). The molecule has 0 atom stereocenters. The molecule has 1 aromatic rings. The van der Waals surface area contributed by atoms with Crippen LogP contribution in [0.5, 0.6) is 0 Å². The highest BCUT2D eigenvalue weighted by Crippen LogP contribution is 2.46. The Morgan fingerprint density at radius 1 is 1.24 bits per heavy atom. The number of carbonyl (C=O) groups excluding carboxylic acids is 2. The van der Waals surface area contributed by atoms with Crippen molar-refractivity contribution in [3.05, 3.63) is 34.9 Å². The fraction of sp³-hybridized carbons (Fsp3) is 0.467. The summed E-state index contributed by atoms with van der Waals surface area (Å²) in [5.41, 5.74) is -0.0715. The van der Waals surface area contributed by atoms with Gasteiger partial charge in [-0.2, -0.15) is 0 Å². The van der Waals surface area contributed by atoms with Crippen LogP contribution in [0.1, 0.15) is 18.4 Å². The summed E-state index contributed by atoms with van der Waals surface area (Å²) in [6.07, 6.45) is 1.17. The zero-order valence-electron chi connectivity index (χ0n) is 11.9. The van der Waals surface area contributed by atoms with E-state index in [4.69, 9.17) is 16.3 Å². The molecule has 0 aromatic heterocycles. The third-order valence-corrected chi connectivity index (χ3v) is 3.98. The van der Waals surface area contributed by atoms with E-state index in [0.717, 1.165) is 5.56 Å². The lowest BCUT2D eigenvalue weighted by Gasteiger charge is -2.15. The van der Waals surface area contributed by atoms with Crippen molar-refractivity contribution in [2.75, 3.05) is 20.3 Å². The van der Waals surface area contributed by atoms with E-state index in [2.05, 4.69) is 10.6 Å². The Morgan fingerprint density at radius 3 is 2.52 bits per heavy atom. The summed E-state index contributed by atoms with van der Waals surface area (Å²) in [5, 5.41) is 6.13. The van der Waals surface area contributed by atoms with Gasteiger partial charge in [0.05, 0.1) is 6.61 Å². The minimum absolute atomic E-state index is 0.226. The summed E-state index contributed by atoms with van der Waals surface area (Å²) >= 11 is 6.04. The summed E-state index contributed by atoms with van der Waals surface area (Å²) in [7, 11) is 1.56. The van der Waals surface area contributed by atoms with Gasteiger partial charge in [-0.05, 0) is 24.5 Å².